The zero-order valence-corrected chi connectivity index (χ0v) is 16.6. The SMILES string of the molecule is CC(F)(C1CCN(C(=O)Nc2ccon2)CC1)S(=O)(=O)c1ccc(C(F)(F)F)cc1. The van der Waals surface area contributed by atoms with Crippen molar-refractivity contribution < 1.29 is 35.3 Å². The molecule has 2 amide bonds. The summed E-state index contributed by atoms with van der Waals surface area (Å²) in [5.74, 6) is -0.719. The second-order valence-corrected chi connectivity index (χ2v) is 9.36. The minimum Gasteiger partial charge on any atom is -0.363 e. The number of halogens is 4. The van der Waals surface area contributed by atoms with Crippen LogP contribution in [0, 0.1) is 5.92 Å². The van der Waals surface area contributed by atoms with Crippen molar-refractivity contribution in [2.45, 2.75) is 35.8 Å². The molecule has 0 radical (unpaired) electrons. The molecular formula is C18H19F4N3O4S. The van der Waals surface area contributed by atoms with E-state index in [9.17, 15) is 26.4 Å². The highest BCUT2D eigenvalue weighted by atomic mass is 32.2. The van der Waals surface area contributed by atoms with Crippen LogP contribution in [0.5, 0.6) is 0 Å². The van der Waals surface area contributed by atoms with E-state index < -0.39 is 43.4 Å². The van der Waals surface area contributed by atoms with Crippen molar-refractivity contribution in [1.82, 2.24) is 10.1 Å². The third-order valence-electron chi connectivity index (χ3n) is 5.20. The molecule has 2 aromatic rings. The van der Waals surface area contributed by atoms with Crippen LogP contribution >= 0.6 is 0 Å². The summed E-state index contributed by atoms with van der Waals surface area (Å²) in [7, 11) is -4.55. The highest BCUT2D eigenvalue weighted by Gasteiger charge is 2.48. The van der Waals surface area contributed by atoms with Crippen molar-refractivity contribution >= 4 is 21.7 Å². The van der Waals surface area contributed by atoms with Crippen LogP contribution in [0.4, 0.5) is 28.2 Å². The van der Waals surface area contributed by atoms with Crippen molar-refractivity contribution in [3.05, 3.63) is 42.2 Å². The van der Waals surface area contributed by atoms with Crippen LogP contribution in [0.3, 0.4) is 0 Å². The predicted molar refractivity (Wildman–Crippen MR) is 98.0 cm³/mol. The maximum absolute atomic E-state index is 15.5. The molecule has 0 saturated carbocycles. The Morgan fingerprint density at radius 2 is 1.73 bits per heavy atom. The fraction of sp³-hybridized carbons (Fsp3) is 0.444. The Morgan fingerprint density at radius 1 is 1.13 bits per heavy atom. The van der Waals surface area contributed by atoms with Gasteiger partial charge in [0.25, 0.3) is 0 Å². The van der Waals surface area contributed by atoms with Gasteiger partial charge in [0.1, 0.15) is 6.26 Å². The van der Waals surface area contributed by atoms with Gasteiger partial charge in [0.15, 0.2) is 5.82 Å². The molecule has 1 unspecified atom stereocenters. The van der Waals surface area contributed by atoms with Crippen molar-refractivity contribution in [2.75, 3.05) is 18.4 Å². The van der Waals surface area contributed by atoms with E-state index in [2.05, 4.69) is 15.0 Å². The summed E-state index contributed by atoms with van der Waals surface area (Å²) >= 11 is 0. The molecular weight excluding hydrogens is 430 g/mol. The van der Waals surface area contributed by atoms with Crippen molar-refractivity contribution in [3.8, 4) is 0 Å². The molecule has 1 aromatic heterocycles. The van der Waals surface area contributed by atoms with E-state index in [1.54, 1.807) is 0 Å². The number of benzene rings is 1. The Morgan fingerprint density at radius 3 is 2.23 bits per heavy atom. The normalized spacial score (nSPS) is 18.1. The van der Waals surface area contributed by atoms with E-state index in [1.807, 2.05) is 0 Å². The van der Waals surface area contributed by atoms with E-state index in [1.165, 1.54) is 17.2 Å². The first kappa shape index (κ1) is 22.1. The maximum atomic E-state index is 15.5. The van der Waals surface area contributed by atoms with Crippen LogP contribution < -0.4 is 5.32 Å². The lowest BCUT2D eigenvalue weighted by Gasteiger charge is -2.37. The first-order chi connectivity index (χ1) is 13.9. The van der Waals surface area contributed by atoms with Crippen molar-refractivity contribution in [2.24, 2.45) is 5.92 Å². The van der Waals surface area contributed by atoms with E-state index in [0.29, 0.717) is 12.1 Å². The summed E-state index contributed by atoms with van der Waals surface area (Å²) in [6.45, 7) is 1.13. The number of urea groups is 1. The monoisotopic (exact) mass is 449 g/mol. The van der Waals surface area contributed by atoms with Crippen LogP contribution in [-0.4, -0.2) is 42.6 Å². The number of hydrogen-bond acceptors (Lipinski definition) is 5. The first-order valence-corrected chi connectivity index (χ1v) is 10.5. The highest BCUT2D eigenvalue weighted by molar-refractivity contribution is 7.92. The molecule has 1 aromatic carbocycles. The van der Waals surface area contributed by atoms with Crippen LogP contribution in [0.25, 0.3) is 0 Å². The van der Waals surface area contributed by atoms with Gasteiger partial charge in [-0.25, -0.2) is 17.6 Å². The fourth-order valence-corrected chi connectivity index (χ4v) is 4.97. The lowest BCUT2D eigenvalue weighted by atomic mass is 9.92. The summed E-state index contributed by atoms with van der Waals surface area (Å²) in [6.07, 6.45) is -3.21. The minimum absolute atomic E-state index is 0.0686. The molecule has 164 valence electrons. The average Bonchev–Trinajstić information content (AvgIpc) is 3.20. The van der Waals surface area contributed by atoms with Gasteiger partial charge >= 0.3 is 12.2 Å². The van der Waals surface area contributed by atoms with Crippen LogP contribution in [0.2, 0.25) is 0 Å². The van der Waals surface area contributed by atoms with E-state index in [0.717, 1.165) is 19.1 Å². The standard InChI is InChI=1S/C18H19F4N3O4S/c1-17(19,30(27,28)14-4-2-13(3-5-14)18(20,21)22)12-6-9-25(10-7-12)16(26)23-15-8-11-29-24-15/h2-5,8,11-12H,6-7,9-10H2,1H3,(H,23,24,26). The quantitative estimate of drug-likeness (QED) is 0.710. The van der Waals surface area contributed by atoms with Gasteiger partial charge in [0, 0.05) is 25.1 Å². The number of aromatic nitrogens is 1. The topological polar surface area (TPSA) is 92.5 Å². The number of anilines is 1. The molecule has 30 heavy (non-hydrogen) atoms. The second-order valence-electron chi connectivity index (χ2n) is 7.09. The average molecular weight is 449 g/mol. The van der Waals surface area contributed by atoms with Gasteiger partial charge in [-0.05, 0) is 44.0 Å². The predicted octanol–water partition coefficient (Wildman–Crippen LogP) is 4.10. The number of piperidine rings is 1. The Labute approximate surface area is 169 Å². The highest BCUT2D eigenvalue weighted by Crippen LogP contribution is 2.40. The molecule has 1 atom stereocenters. The largest absolute Gasteiger partial charge is 0.416 e. The molecule has 7 nitrogen and oxygen atoms in total. The molecule has 1 fully saturated rings. The molecule has 2 heterocycles. The Kier molecular flexibility index (Phi) is 5.81. The Bertz CT molecular complexity index is 981. The Balaban J connectivity index is 1.68. The van der Waals surface area contributed by atoms with Crippen LogP contribution in [-0.2, 0) is 16.0 Å². The molecule has 0 bridgehead atoms. The summed E-state index contributed by atoms with van der Waals surface area (Å²) < 4.78 is 83.7. The second kappa shape index (κ2) is 7.89. The summed E-state index contributed by atoms with van der Waals surface area (Å²) in [5.41, 5.74) is -1.02. The van der Waals surface area contributed by atoms with Crippen LogP contribution in [0.15, 0.2) is 46.0 Å². The van der Waals surface area contributed by atoms with Crippen molar-refractivity contribution in [3.63, 3.8) is 0 Å². The van der Waals surface area contributed by atoms with Crippen molar-refractivity contribution in [1.29, 1.82) is 0 Å². The van der Waals surface area contributed by atoms with E-state index in [-0.39, 0.29) is 31.7 Å². The maximum Gasteiger partial charge on any atom is 0.416 e. The molecule has 3 rings (SSSR count). The number of nitrogens with one attached hydrogen (secondary N) is 1. The molecule has 0 aliphatic carbocycles. The Hall–Kier alpha value is -2.63. The number of sulfone groups is 1. The molecule has 1 saturated heterocycles. The number of likely N-dealkylation sites (tertiary alicyclic amines) is 1. The van der Waals surface area contributed by atoms with E-state index >= 15 is 4.39 Å². The van der Waals surface area contributed by atoms with Gasteiger partial charge in [-0.15, -0.1) is 0 Å². The molecule has 1 aliphatic rings. The van der Waals surface area contributed by atoms with Gasteiger partial charge in [0.2, 0.25) is 14.8 Å². The molecule has 1 N–H and O–H groups in total. The van der Waals surface area contributed by atoms with Gasteiger partial charge in [-0.3, -0.25) is 5.32 Å². The minimum atomic E-state index is -4.62. The summed E-state index contributed by atoms with van der Waals surface area (Å²) in [4.78, 5) is 13.1. The van der Waals surface area contributed by atoms with E-state index in [4.69, 9.17) is 0 Å². The van der Waals surface area contributed by atoms with Gasteiger partial charge in [-0.1, -0.05) is 5.16 Å². The lowest BCUT2D eigenvalue weighted by Crippen LogP contribution is -2.48. The number of amides is 2. The summed E-state index contributed by atoms with van der Waals surface area (Å²) in [5, 5.41) is 3.34. The number of rotatable bonds is 4. The summed E-state index contributed by atoms with van der Waals surface area (Å²) in [6, 6.07) is 3.71. The third-order valence-corrected chi connectivity index (χ3v) is 7.48. The molecule has 12 heteroatoms. The lowest BCUT2D eigenvalue weighted by molar-refractivity contribution is -0.137. The molecule has 1 aliphatic heterocycles. The zero-order valence-electron chi connectivity index (χ0n) is 15.8. The van der Waals surface area contributed by atoms with Gasteiger partial charge < -0.3 is 9.42 Å². The van der Waals surface area contributed by atoms with Crippen LogP contribution in [0.1, 0.15) is 25.3 Å². The number of hydrogen-bond donors (Lipinski definition) is 1. The fourth-order valence-electron chi connectivity index (χ4n) is 3.34. The smallest absolute Gasteiger partial charge is 0.363 e. The number of carbonyl (C=O) groups excluding carboxylic acids is 1. The molecule has 0 spiro atoms. The van der Waals surface area contributed by atoms with Gasteiger partial charge in [0.05, 0.1) is 10.5 Å². The third kappa shape index (κ3) is 4.27. The van der Waals surface area contributed by atoms with Gasteiger partial charge in [-0.2, -0.15) is 13.2 Å². The number of nitrogens with zero attached hydrogens (tertiary/aromatic N) is 2. The zero-order chi connectivity index (χ0) is 22.2. The number of carbonyl (C=O) groups is 1. The number of alkyl halides is 4. The first-order valence-electron chi connectivity index (χ1n) is 9.00.